The highest BCUT2D eigenvalue weighted by Gasteiger charge is 2.22. The lowest BCUT2D eigenvalue weighted by Crippen LogP contribution is -2.45. The van der Waals surface area contributed by atoms with E-state index in [0.29, 0.717) is 13.0 Å². The molecule has 1 amide bonds. The molecule has 1 unspecified atom stereocenters. The van der Waals surface area contributed by atoms with Gasteiger partial charge in [-0.15, -0.1) is 0 Å². The molecule has 0 aromatic heterocycles. The fourth-order valence-electron chi connectivity index (χ4n) is 2.76. The first-order valence-electron chi connectivity index (χ1n) is 9.18. The van der Waals surface area contributed by atoms with Crippen molar-refractivity contribution in [1.82, 2.24) is 4.90 Å². The van der Waals surface area contributed by atoms with Crippen LogP contribution in [0.2, 0.25) is 0 Å². The third kappa shape index (κ3) is 5.33. The second-order valence-corrected chi connectivity index (χ2v) is 7.10. The summed E-state index contributed by atoms with van der Waals surface area (Å²) in [6.45, 7) is 6.55. The van der Waals surface area contributed by atoms with Crippen molar-refractivity contribution in [3.8, 4) is 5.75 Å². The molecule has 0 aliphatic carbocycles. The maximum absolute atomic E-state index is 12.4. The molecule has 4 heteroatoms. The molecule has 0 bridgehead atoms. The Morgan fingerprint density at radius 2 is 1.69 bits per heavy atom. The molecule has 0 saturated carbocycles. The maximum Gasteiger partial charge on any atom is 0.239 e. The number of hydrogen-bond acceptors (Lipinski definition) is 3. The lowest BCUT2D eigenvalue weighted by molar-refractivity contribution is -0.132. The summed E-state index contributed by atoms with van der Waals surface area (Å²) in [6, 6.07) is 17.7. The maximum atomic E-state index is 12.4. The molecule has 0 radical (unpaired) electrons. The largest absolute Gasteiger partial charge is 0.485 e. The predicted molar refractivity (Wildman–Crippen MR) is 106 cm³/mol. The number of carbonyl (C=O) groups is 1. The first-order valence-corrected chi connectivity index (χ1v) is 9.18. The number of ether oxygens (including phenoxy) is 1. The average molecular weight is 354 g/mol. The highest BCUT2D eigenvalue weighted by molar-refractivity contribution is 5.81. The van der Waals surface area contributed by atoms with Crippen molar-refractivity contribution < 1.29 is 9.53 Å². The van der Waals surface area contributed by atoms with E-state index in [1.54, 1.807) is 11.9 Å². The fraction of sp³-hybridized carbons (Fsp3) is 0.409. The van der Waals surface area contributed by atoms with Gasteiger partial charge in [-0.3, -0.25) is 4.79 Å². The zero-order chi connectivity index (χ0) is 19.1. The van der Waals surface area contributed by atoms with Crippen LogP contribution in [0, 0.1) is 12.8 Å². The van der Waals surface area contributed by atoms with Gasteiger partial charge >= 0.3 is 0 Å². The first kappa shape index (κ1) is 20.0. The first-order chi connectivity index (χ1) is 12.4. The lowest BCUT2D eigenvalue weighted by Gasteiger charge is -2.26. The zero-order valence-electron chi connectivity index (χ0n) is 16.2. The normalized spacial score (nSPS) is 13.3. The minimum atomic E-state index is -0.465. The molecule has 2 rings (SSSR count). The number of nitrogens with two attached hydrogens (primary N) is 1. The Morgan fingerprint density at radius 3 is 2.31 bits per heavy atom. The van der Waals surface area contributed by atoms with E-state index in [2.05, 4.69) is 12.1 Å². The van der Waals surface area contributed by atoms with Crippen molar-refractivity contribution in [2.45, 2.75) is 39.3 Å². The van der Waals surface area contributed by atoms with E-state index in [9.17, 15) is 4.79 Å². The summed E-state index contributed by atoms with van der Waals surface area (Å²) in [5, 5.41) is 0. The van der Waals surface area contributed by atoms with E-state index < -0.39 is 6.04 Å². The van der Waals surface area contributed by atoms with Gasteiger partial charge in [-0.2, -0.15) is 0 Å². The highest BCUT2D eigenvalue weighted by atomic mass is 16.5. The molecule has 0 fully saturated rings. The SMILES string of the molecule is Cc1ccccc1O[C@H](CCN(C)C(=O)C(N)C(C)C)c1ccccc1. The van der Waals surface area contributed by atoms with Gasteiger partial charge in [0, 0.05) is 20.0 Å². The van der Waals surface area contributed by atoms with Gasteiger partial charge in [0.2, 0.25) is 5.91 Å². The molecule has 2 N–H and O–H groups in total. The average Bonchev–Trinajstić information content (AvgIpc) is 2.65. The van der Waals surface area contributed by atoms with Gasteiger partial charge in [-0.1, -0.05) is 62.4 Å². The third-order valence-electron chi connectivity index (χ3n) is 4.64. The fourth-order valence-corrected chi connectivity index (χ4v) is 2.76. The lowest BCUT2D eigenvalue weighted by atomic mass is 10.0. The van der Waals surface area contributed by atoms with Crippen molar-refractivity contribution in [3.05, 3.63) is 65.7 Å². The molecule has 0 aliphatic rings. The summed E-state index contributed by atoms with van der Waals surface area (Å²) in [6.07, 6.45) is 0.577. The summed E-state index contributed by atoms with van der Waals surface area (Å²) in [5.41, 5.74) is 8.20. The number of aryl methyl sites for hydroxylation is 1. The van der Waals surface area contributed by atoms with E-state index in [1.807, 2.05) is 63.2 Å². The number of para-hydroxylation sites is 1. The minimum absolute atomic E-state index is 0.0253. The summed E-state index contributed by atoms with van der Waals surface area (Å²) in [4.78, 5) is 14.1. The Balaban J connectivity index is 2.10. The molecule has 26 heavy (non-hydrogen) atoms. The van der Waals surface area contributed by atoms with E-state index in [-0.39, 0.29) is 17.9 Å². The summed E-state index contributed by atoms with van der Waals surface area (Å²) in [7, 11) is 1.81. The van der Waals surface area contributed by atoms with Gasteiger partial charge in [0.25, 0.3) is 0 Å². The standard InChI is InChI=1S/C22H30N2O2/c1-16(2)21(23)22(25)24(4)15-14-20(18-11-6-5-7-12-18)26-19-13-9-8-10-17(19)3/h5-13,16,20-21H,14-15,23H2,1-4H3/t20-,21?/m1/s1. The van der Waals surface area contributed by atoms with Crippen molar-refractivity contribution in [2.24, 2.45) is 11.7 Å². The molecule has 2 aromatic carbocycles. The summed E-state index contributed by atoms with van der Waals surface area (Å²) >= 11 is 0. The Kier molecular flexibility index (Phi) is 7.22. The zero-order valence-corrected chi connectivity index (χ0v) is 16.2. The number of nitrogens with zero attached hydrogens (tertiary/aromatic N) is 1. The molecular weight excluding hydrogens is 324 g/mol. The number of benzene rings is 2. The number of amides is 1. The van der Waals surface area contributed by atoms with Crippen LogP contribution < -0.4 is 10.5 Å². The van der Waals surface area contributed by atoms with Crippen LogP contribution in [0.4, 0.5) is 0 Å². The van der Waals surface area contributed by atoms with Crippen LogP contribution in [0.15, 0.2) is 54.6 Å². The van der Waals surface area contributed by atoms with Gasteiger partial charge < -0.3 is 15.4 Å². The Bertz CT molecular complexity index is 700. The molecule has 2 atom stereocenters. The van der Waals surface area contributed by atoms with Crippen molar-refractivity contribution in [1.29, 1.82) is 0 Å². The Hall–Kier alpha value is -2.33. The number of hydrogen-bond donors (Lipinski definition) is 1. The Labute approximate surface area is 157 Å². The van der Waals surface area contributed by atoms with Crippen LogP contribution in [0.1, 0.15) is 37.5 Å². The van der Waals surface area contributed by atoms with Crippen molar-refractivity contribution >= 4 is 5.91 Å². The summed E-state index contributed by atoms with van der Waals surface area (Å²) in [5.74, 6) is 0.968. The van der Waals surface area contributed by atoms with Gasteiger partial charge in [-0.05, 0) is 30.0 Å². The van der Waals surface area contributed by atoms with Crippen LogP contribution in [0.25, 0.3) is 0 Å². The van der Waals surface area contributed by atoms with E-state index >= 15 is 0 Å². The monoisotopic (exact) mass is 354 g/mol. The van der Waals surface area contributed by atoms with Crippen molar-refractivity contribution in [3.63, 3.8) is 0 Å². The molecule has 4 nitrogen and oxygen atoms in total. The van der Waals surface area contributed by atoms with E-state index in [0.717, 1.165) is 16.9 Å². The highest BCUT2D eigenvalue weighted by Crippen LogP contribution is 2.27. The molecular formula is C22H30N2O2. The number of rotatable bonds is 8. The summed E-state index contributed by atoms with van der Waals surface area (Å²) < 4.78 is 6.30. The van der Waals surface area contributed by atoms with E-state index in [1.165, 1.54) is 0 Å². The second-order valence-electron chi connectivity index (χ2n) is 7.10. The van der Waals surface area contributed by atoms with Gasteiger partial charge in [-0.25, -0.2) is 0 Å². The number of likely N-dealkylation sites (N-methyl/N-ethyl adjacent to an activating group) is 1. The molecule has 0 spiro atoms. The van der Waals surface area contributed by atoms with Crippen LogP contribution >= 0.6 is 0 Å². The molecule has 0 heterocycles. The molecule has 0 aliphatic heterocycles. The van der Waals surface area contributed by atoms with Crippen LogP contribution in [-0.4, -0.2) is 30.4 Å². The van der Waals surface area contributed by atoms with Crippen molar-refractivity contribution in [2.75, 3.05) is 13.6 Å². The van der Waals surface area contributed by atoms with Crippen LogP contribution in [0.5, 0.6) is 5.75 Å². The molecule has 2 aromatic rings. The van der Waals surface area contributed by atoms with Gasteiger partial charge in [0.15, 0.2) is 0 Å². The topological polar surface area (TPSA) is 55.6 Å². The Morgan fingerprint density at radius 1 is 1.08 bits per heavy atom. The van der Waals surface area contributed by atoms with E-state index in [4.69, 9.17) is 10.5 Å². The van der Waals surface area contributed by atoms with Gasteiger partial charge in [0.05, 0.1) is 6.04 Å². The molecule has 140 valence electrons. The smallest absolute Gasteiger partial charge is 0.239 e. The minimum Gasteiger partial charge on any atom is -0.485 e. The van der Waals surface area contributed by atoms with Crippen LogP contribution in [-0.2, 0) is 4.79 Å². The van der Waals surface area contributed by atoms with Crippen LogP contribution in [0.3, 0.4) is 0 Å². The third-order valence-corrected chi connectivity index (χ3v) is 4.64. The quantitative estimate of drug-likeness (QED) is 0.781. The van der Waals surface area contributed by atoms with Gasteiger partial charge in [0.1, 0.15) is 11.9 Å². The number of carbonyl (C=O) groups excluding carboxylic acids is 1. The second kappa shape index (κ2) is 9.39. The predicted octanol–water partition coefficient (Wildman–Crippen LogP) is 3.95. The molecule has 0 saturated heterocycles.